The van der Waals surface area contributed by atoms with Gasteiger partial charge in [-0.25, -0.2) is 0 Å². The number of likely N-dealkylation sites (N-methyl/N-ethyl adjacent to an activating group) is 8. The number of likely N-dealkylation sites (tertiary alicyclic amines) is 1. The summed E-state index contributed by atoms with van der Waals surface area (Å²) in [7, 11) is 10.6. The highest BCUT2D eigenvalue weighted by Gasteiger charge is 2.44. The maximum atomic E-state index is 15.4. The number of rotatable bonds is 14. The molecule has 0 aromatic heterocycles. The van der Waals surface area contributed by atoms with Crippen LogP contribution in [-0.2, 0) is 81.6 Å². The highest BCUT2D eigenvalue weighted by molar-refractivity contribution is 6.01. The molecule has 2 heterocycles. The molecular weight excluding hydrogens is 1270 g/mol. The number of aliphatic hydroxyl groups is 1. The summed E-state index contributed by atoms with van der Waals surface area (Å²) in [5, 5.41) is 22.0. The van der Waals surface area contributed by atoms with E-state index in [4.69, 9.17) is 0 Å². The number of benzene rings is 3. The van der Waals surface area contributed by atoms with Crippen molar-refractivity contribution in [2.24, 2.45) is 5.92 Å². The minimum absolute atomic E-state index is 0.0122. The molecule has 0 saturated carbocycles. The molecule has 0 aliphatic carbocycles. The molecule has 0 bridgehead atoms. The average Bonchev–Trinajstić information content (AvgIpc) is 0.838. The van der Waals surface area contributed by atoms with Crippen LogP contribution in [0.2, 0.25) is 0 Å². The number of hydrogen-bond donors (Lipinski definition) is 5. The van der Waals surface area contributed by atoms with Crippen LogP contribution < -0.4 is 21.3 Å². The molecule has 13 amide bonds. The van der Waals surface area contributed by atoms with Crippen LogP contribution in [0.4, 0.5) is 0 Å². The molecular formula is C72H105N13O14. The maximum absolute atomic E-state index is 15.4. The number of piperidine rings is 1. The number of hydrogen-bond acceptors (Lipinski definition) is 14. The van der Waals surface area contributed by atoms with Crippen LogP contribution in [0.5, 0.6) is 0 Å². The molecule has 5 N–H and O–H groups in total. The molecule has 542 valence electrons. The minimum Gasteiger partial charge on any atom is -0.391 e. The molecule has 3 aromatic carbocycles. The smallest absolute Gasteiger partial charge is 0.248 e. The Kier molecular flexibility index (Phi) is 29.7. The van der Waals surface area contributed by atoms with Crippen molar-refractivity contribution in [1.29, 1.82) is 0 Å². The second-order valence-corrected chi connectivity index (χ2v) is 27.0. The van der Waals surface area contributed by atoms with Crippen molar-refractivity contribution in [3.8, 4) is 0 Å². The molecule has 27 nitrogen and oxygen atoms in total. The number of nitrogens with zero attached hydrogens (tertiary/aromatic N) is 9. The Hall–Kier alpha value is -9.27. The van der Waals surface area contributed by atoms with Gasteiger partial charge in [-0.1, -0.05) is 105 Å². The van der Waals surface area contributed by atoms with Gasteiger partial charge in [0.15, 0.2) is 0 Å². The van der Waals surface area contributed by atoms with Crippen LogP contribution in [0.3, 0.4) is 0 Å². The van der Waals surface area contributed by atoms with Gasteiger partial charge in [0.25, 0.3) is 0 Å². The predicted octanol–water partition coefficient (Wildman–Crippen LogP) is 1.23. The van der Waals surface area contributed by atoms with Crippen LogP contribution in [-0.4, -0.2) is 274 Å². The van der Waals surface area contributed by atoms with E-state index < -0.39 is 156 Å². The van der Waals surface area contributed by atoms with E-state index in [9.17, 15) is 57.8 Å². The first-order valence-corrected chi connectivity index (χ1v) is 33.9. The molecule has 0 spiro atoms. The number of aliphatic hydroxyl groups excluding tert-OH is 1. The molecule has 2 saturated heterocycles. The molecule has 0 radical (unpaired) electrons. The Bertz CT molecular complexity index is 3340. The van der Waals surface area contributed by atoms with Gasteiger partial charge in [-0.3, -0.25) is 62.3 Å². The van der Waals surface area contributed by atoms with Gasteiger partial charge >= 0.3 is 0 Å². The molecule has 5 rings (SSSR count). The third-order valence-corrected chi connectivity index (χ3v) is 19.3. The average molecular weight is 1380 g/mol. The first-order valence-electron chi connectivity index (χ1n) is 33.9. The number of carbonyl (C=O) groups excluding carboxylic acids is 13. The van der Waals surface area contributed by atoms with E-state index in [1.807, 2.05) is 0 Å². The van der Waals surface area contributed by atoms with Crippen LogP contribution in [0.25, 0.3) is 0 Å². The van der Waals surface area contributed by atoms with Crippen molar-refractivity contribution >= 4 is 76.8 Å². The summed E-state index contributed by atoms with van der Waals surface area (Å²) < 4.78 is 0. The van der Waals surface area contributed by atoms with E-state index >= 15 is 9.59 Å². The van der Waals surface area contributed by atoms with Gasteiger partial charge < -0.3 is 70.5 Å². The zero-order valence-corrected chi connectivity index (χ0v) is 60.6. The van der Waals surface area contributed by atoms with Gasteiger partial charge in [0, 0.05) is 88.7 Å². The van der Waals surface area contributed by atoms with Gasteiger partial charge in [0.1, 0.15) is 72.5 Å². The fraction of sp³-hybridized carbons (Fsp3) is 0.569. The van der Waals surface area contributed by atoms with E-state index in [0.717, 1.165) is 53.6 Å². The standard InChI is InChI=1S/C72H105N13O14/c1-43(2)38-55-64(91)76-60(50(9)86)72(99)79(12)47(6)62(89)75-54(69(96)81(14)56(39-51-30-22-18-23-31-51)63(90)74-45(4)66(93)85-36-28-21-29-37-85)42-59(87)77(10)48(7)67(94)83(16)57(40-52-32-24-19-25-33-52)70(97)78(11)46(5)61(88)73-44(3)65(92)80(13)49(8)68(95)84(17)58(71(98)82(55)15)41-53-34-26-20-27-35-53/h18-20,22-27,30-35,43-50,54-58,60,86H,21,28-29,36-42H2,1-17H3,(H,73,88)(H,74,90)(H,75,89)(H,76,91)/t44-,45-,46-,47-,48+,49-,50+,54-,55-,56-,57-,58-,60-/m0/s1. The third-order valence-electron chi connectivity index (χ3n) is 19.3. The molecule has 0 unspecified atom stereocenters. The number of carbonyl (C=O) groups is 13. The number of nitrogens with one attached hydrogen (secondary N) is 4. The van der Waals surface area contributed by atoms with Crippen molar-refractivity contribution in [3.63, 3.8) is 0 Å². The Labute approximate surface area is 582 Å². The molecule has 99 heavy (non-hydrogen) atoms. The van der Waals surface area contributed by atoms with Gasteiger partial charge in [-0.05, 0) is 96.8 Å². The summed E-state index contributed by atoms with van der Waals surface area (Å²) >= 11 is 0. The third kappa shape index (κ3) is 20.9. The van der Waals surface area contributed by atoms with Crippen molar-refractivity contribution < 1.29 is 67.4 Å². The Morgan fingerprint density at radius 2 is 0.929 bits per heavy atom. The van der Waals surface area contributed by atoms with Crippen LogP contribution >= 0.6 is 0 Å². The van der Waals surface area contributed by atoms with Gasteiger partial charge in [-0.2, -0.15) is 0 Å². The second-order valence-electron chi connectivity index (χ2n) is 27.0. The largest absolute Gasteiger partial charge is 0.391 e. The predicted molar refractivity (Wildman–Crippen MR) is 371 cm³/mol. The second kappa shape index (κ2) is 36.5. The minimum atomic E-state index is -1.85. The Morgan fingerprint density at radius 3 is 1.40 bits per heavy atom. The fourth-order valence-electron chi connectivity index (χ4n) is 12.1. The van der Waals surface area contributed by atoms with E-state index in [-0.39, 0.29) is 37.5 Å². The molecule has 27 heteroatoms. The first-order chi connectivity index (χ1) is 46.5. The molecule has 2 aliphatic rings. The van der Waals surface area contributed by atoms with E-state index in [0.29, 0.717) is 29.8 Å². The van der Waals surface area contributed by atoms with Crippen molar-refractivity contribution in [2.75, 3.05) is 69.5 Å². The SMILES string of the molecule is CC(C)C[C@H]1C(=O)N[C@@H]([C@@H](C)O)C(=O)N(C)[C@@H](C)C(=O)N[C@H](C(=O)N(C)[C@@H](Cc2ccccc2)C(=O)N[C@@H](C)C(=O)N2CCCCC2)CC(=O)N(C)[C@H](C)C(=O)N(C)[C@@H](Cc2ccccc2)C(=O)N(C)[C@@H](C)C(=O)N[C@@H](C)C(=O)N(C)[C@@H](C)C(=O)N(C)[C@@H](Cc2ccccc2)C(=O)N1C. The summed E-state index contributed by atoms with van der Waals surface area (Å²) in [6, 6.07) is 9.49. The molecule has 3 aromatic rings. The van der Waals surface area contributed by atoms with Crippen LogP contribution in [0, 0.1) is 5.92 Å². The molecule has 2 fully saturated rings. The quantitative estimate of drug-likeness (QED) is 0.152. The summed E-state index contributed by atoms with van der Waals surface area (Å²) in [5.74, 6) is -10.4. The summed E-state index contributed by atoms with van der Waals surface area (Å²) in [6.45, 7) is 14.4. The fourth-order valence-corrected chi connectivity index (χ4v) is 12.1. The Morgan fingerprint density at radius 1 is 0.505 bits per heavy atom. The van der Waals surface area contributed by atoms with Gasteiger partial charge in [0.2, 0.25) is 76.8 Å². The van der Waals surface area contributed by atoms with Gasteiger partial charge in [0.05, 0.1) is 12.5 Å². The van der Waals surface area contributed by atoms with Crippen LogP contribution in [0.15, 0.2) is 91.0 Å². The Balaban J connectivity index is 1.64. The molecule has 13 atom stereocenters. The lowest BCUT2D eigenvalue weighted by Crippen LogP contribution is -2.62. The van der Waals surface area contributed by atoms with Crippen LogP contribution in [0.1, 0.15) is 111 Å². The van der Waals surface area contributed by atoms with E-state index in [2.05, 4.69) is 21.3 Å². The maximum Gasteiger partial charge on any atom is 0.248 e. The van der Waals surface area contributed by atoms with Crippen molar-refractivity contribution in [2.45, 2.75) is 192 Å². The summed E-state index contributed by atoms with van der Waals surface area (Å²) in [4.78, 5) is 202. The zero-order chi connectivity index (χ0) is 74.0. The van der Waals surface area contributed by atoms with Crippen molar-refractivity contribution in [3.05, 3.63) is 108 Å². The van der Waals surface area contributed by atoms with E-state index in [1.165, 1.54) is 103 Å². The number of amides is 13. The highest BCUT2D eigenvalue weighted by atomic mass is 16.3. The monoisotopic (exact) mass is 1380 g/mol. The van der Waals surface area contributed by atoms with Gasteiger partial charge in [-0.15, -0.1) is 0 Å². The normalized spacial score (nSPS) is 25.2. The summed E-state index contributed by atoms with van der Waals surface area (Å²) in [6.07, 6.45) is -0.176. The van der Waals surface area contributed by atoms with Crippen molar-refractivity contribution in [1.82, 2.24) is 65.4 Å². The lowest BCUT2D eigenvalue weighted by molar-refractivity contribution is -0.152. The topological polar surface area (TPSA) is 319 Å². The van der Waals surface area contributed by atoms with E-state index in [1.54, 1.807) is 117 Å². The highest BCUT2D eigenvalue weighted by Crippen LogP contribution is 2.22. The molecule has 2 aliphatic heterocycles. The first kappa shape index (κ1) is 80.4. The summed E-state index contributed by atoms with van der Waals surface area (Å²) in [5.41, 5.74) is 1.86. The lowest BCUT2D eigenvalue weighted by Gasteiger charge is -2.38. The lowest BCUT2D eigenvalue weighted by atomic mass is 9.98. The zero-order valence-electron chi connectivity index (χ0n) is 60.6.